The van der Waals surface area contributed by atoms with Gasteiger partial charge in [-0.1, -0.05) is 13.8 Å². The average Bonchev–Trinajstić information content (AvgIpc) is 2.69. The second-order valence-corrected chi connectivity index (χ2v) is 6.29. The van der Waals surface area contributed by atoms with Crippen molar-refractivity contribution in [3.8, 4) is 17.2 Å². The van der Waals surface area contributed by atoms with Gasteiger partial charge in [-0.25, -0.2) is 4.79 Å². The third kappa shape index (κ3) is 5.74. The molecule has 0 aromatic heterocycles. The summed E-state index contributed by atoms with van der Waals surface area (Å²) in [5, 5.41) is 0. The maximum atomic E-state index is 12.3. The minimum Gasteiger partial charge on any atom is -0.497 e. The van der Waals surface area contributed by atoms with Crippen LogP contribution in [0, 0.1) is 5.92 Å². The molecule has 0 heterocycles. The molecule has 6 nitrogen and oxygen atoms in total. The van der Waals surface area contributed by atoms with Gasteiger partial charge in [-0.2, -0.15) is 0 Å². The van der Waals surface area contributed by atoms with Crippen LogP contribution in [0.2, 0.25) is 0 Å². The zero-order valence-corrected chi connectivity index (χ0v) is 16.0. The van der Waals surface area contributed by atoms with Crippen LogP contribution < -0.4 is 14.2 Å². The lowest BCUT2D eigenvalue weighted by atomic mass is 10.1. The summed E-state index contributed by atoms with van der Waals surface area (Å²) < 4.78 is 21.0. The molecule has 6 heteroatoms. The van der Waals surface area contributed by atoms with E-state index < -0.39 is 5.97 Å². The number of hydrogen-bond acceptors (Lipinski definition) is 6. The maximum Gasteiger partial charge on any atom is 0.338 e. The first-order chi connectivity index (χ1) is 12.9. The fourth-order valence-electron chi connectivity index (χ4n) is 2.27. The van der Waals surface area contributed by atoms with Crippen LogP contribution in [0.3, 0.4) is 0 Å². The van der Waals surface area contributed by atoms with Crippen molar-refractivity contribution in [1.82, 2.24) is 0 Å². The maximum absolute atomic E-state index is 12.3. The molecule has 2 aromatic rings. The molecule has 0 fully saturated rings. The van der Waals surface area contributed by atoms with Gasteiger partial charge in [-0.15, -0.1) is 0 Å². The van der Waals surface area contributed by atoms with E-state index in [-0.39, 0.29) is 12.4 Å². The molecule has 0 aliphatic rings. The third-order valence-corrected chi connectivity index (χ3v) is 3.72. The highest BCUT2D eigenvalue weighted by Gasteiger charge is 2.16. The number of esters is 1. The number of rotatable bonds is 9. The predicted octanol–water partition coefficient (Wildman–Crippen LogP) is 3.78. The van der Waals surface area contributed by atoms with Crippen LogP contribution >= 0.6 is 0 Å². The van der Waals surface area contributed by atoms with Gasteiger partial charge in [0.2, 0.25) is 5.78 Å². The van der Waals surface area contributed by atoms with E-state index in [0.717, 1.165) is 0 Å². The molecule has 0 bridgehead atoms. The standard InChI is InChI=1S/C21H24O6/c1-14(2)12-26-16-7-5-15(6-8-16)21(23)27-13-19(22)18-10-9-17(24-3)11-20(18)25-4/h5-11,14H,12-13H2,1-4H3. The molecule has 0 saturated heterocycles. The Morgan fingerprint density at radius 1 is 0.926 bits per heavy atom. The molecule has 0 unspecified atom stereocenters. The number of Topliss-reactive ketones (excluding diaryl/α,β-unsaturated/α-hetero) is 1. The van der Waals surface area contributed by atoms with Gasteiger partial charge in [-0.3, -0.25) is 4.79 Å². The SMILES string of the molecule is COc1ccc(C(=O)COC(=O)c2ccc(OCC(C)C)cc2)c(OC)c1. The molecule has 0 aliphatic heterocycles. The minimum absolute atomic E-state index is 0.323. The summed E-state index contributed by atoms with van der Waals surface area (Å²) in [5.74, 6) is 1.09. The van der Waals surface area contributed by atoms with Crippen LogP contribution in [0.1, 0.15) is 34.6 Å². The normalized spacial score (nSPS) is 10.4. The molecular weight excluding hydrogens is 348 g/mol. The van der Waals surface area contributed by atoms with E-state index in [1.807, 2.05) is 0 Å². The molecule has 0 aliphatic carbocycles. The summed E-state index contributed by atoms with van der Waals surface area (Å²) in [6.07, 6.45) is 0. The monoisotopic (exact) mass is 372 g/mol. The summed E-state index contributed by atoms with van der Waals surface area (Å²) in [6.45, 7) is 4.33. The summed E-state index contributed by atoms with van der Waals surface area (Å²) in [4.78, 5) is 24.5. The number of ketones is 1. The predicted molar refractivity (Wildman–Crippen MR) is 101 cm³/mol. The Balaban J connectivity index is 1.96. The second-order valence-electron chi connectivity index (χ2n) is 6.29. The van der Waals surface area contributed by atoms with Gasteiger partial charge in [0.05, 0.1) is 32.0 Å². The molecule has 27 heavy (non-hydrogen) atoms. The van der Waals surface area contributed by atoms with Crippen molar-refractivity contribution in [3.05, 3.63) is 53.6 Å². The minimum atomic E-state index is -0.578. The first-order valence-corrected chi connectivity index (χ1v) is 8.59. The van der Waals surface area contributed by atoms with E-state index >= 15 is 0 Å². The second kappa shape index (κ2) is 9.62. The van der Waals surface area contributed by atoms with Crippen LogP contribution in [0.4, 0.5) is 0 Å². The largest absolute Gasteiger partial charge is 0.497 e. The van der Waals surface area contributed by atoms with E-state index in [9.17, 15) is 9.59 Å². The quantitative estimate of drug-likeness (QED) is 0.493. The van der Waals surface area contributed by atoms with Crippen LogP contribution in [0.25, 0.3) is 0 Å². The van der Waals surface area contributed by atoms with Crippen molar-refractivity contribution in [1.29, 1.82) is 0 Å². The highest BCUT2D eigenvalue weighted by Crippen LogP contribution is 2.25. The highest BCUT2D eigenvalue weighted by molar-refractivity contribution is 6.01. The van der Waals surface area contributed by atoms with Crippen LogP contribution in [-0.4, -0.2) is 39.2 Å². The van der Waals surface area contributed by atoms with E-state index in [1.54, 1.807) is 42.5 Å². The van der Waals surface area contributed by atoms with Crippen LogP contribution in [0.5, 0.6) is 17.2 Å². The number of hydrogen-bond donors (Lipinski definition) is 0. The fourth-order valence-corrected chi connectivity index (χ4v) is 2.27. The molecule has 0 N–H and O–H groups in total. The van der Waals surface area contributed by atoms with Gasteiger partial charge in [0.25, 0.3) is 0 Å². The Morgan fingerprint density at radius 2 is 1.59 bits per heavy atom. The van der Waals surface area contributed by atoms with E-state index in [4.69, 9.17) is 18.9 Å². The third-order valence-electron chi connectivity index (χ3n) is 3.72. The zero-order chi connectivity index (χ0) is 19.8. The van der Waals surface area contributed by atoms with E-state index in [0.29, 0.717) is 40.9 Å². The molecule has 0 radical (unpaired) electrons. The molecule has 0 saturated carbocycles. The number of carbonyl (C=O) groups excluding carboxylic acids is 2. The molecular formula is C21H24O6. The van der Waals surface area contributed by atoms with Gasteiger partial charge in [0.15, 0.2) is 6.61 Å². The number of ether oxygens (including phenoxy) is 4. The van der Waals surface area contributed by atoms with Crippen molar-refractivity contribution < 1.29 is 28.5 Å². The van der Waals surface area contributed by atoms with Gasteiger partial charge in [0, 0.05) is 6.07 Å². The van der Waals surface area contributed by atoms with Crippen molar-refractivity contribution in [2.75, 3.05) is 27.4 Å². The Kier molecular flexibility index (Phi) is 7.23. The Hall–Kier alpha value is -3.02. The lowest BCUT2D eigenvalue weighted by molar-refractivity contribution is 0.0474. The fraction of sp³-hybridized carbons (Fsp3) is 0.333. The van der Waals surface area contributed by atoms with E-state index in [2.05, 4.69) is 13.8 Å². The van der Waals surface area contributed by atoms with Crippen LogP contribution in [-0.2, 0) is 4.74 Å². The Labute approximate surface area is 159 Å². The molecule has 2 rings (SSSR count). The molecule has 0 atom stereocenters. The molecule has 0 amide bonds. The number of benzene rings is 2. The zero-order valence-electron chi connectivity index (χ0n) is 16.0. The van der Waals surface area contributed by atoms with Gasteiger partial charge in [0.1, 0.15) is 17.2 Å². The highest BCUT2D eigenvalue weighted by atomic mass is 16.5. The Bertz CT molecular complexity index is 780. The van der Waals surface area contributed by atoms with Crippen molar-refractivity contribution >= 4 is 11.8 Å². The van der Waals surface area contributed by atoms with E-state index in [1.165, 1.54) is 14.2 Å². The summed E-state index contributed by atoms with van der Waals surface area (Å²) in [7, 11) is 2.98. The lowest BCUT2D eigenvalue weighted by Crippen LogP contribution is -2.15. The number of methoxy groups -OCH3 is 2. The first kappa shape index (κ1) is 20.3. The van der Waals surface area contributed by atoms with Gasteiger partial charge >= 0.3 is 5.97 Å². The first-order valence-electron chi connectivity index (χ1n) is 8.59. The average molecular weight is 372 g/mol. The lowest BCUT2D eigenvalue weighted by Gasteiger charge is -2.11. The molecule has 144 valence electrons. The smallest absolute Gasteiger partial charge is 0.338 e. The van der Waals surface area contributed by atoms with Crippen LogP contribution in [0.15, 0.2) is 42.5 Å². The molecule has 2 aromatic carbocycles. The summed E-state index contributed by atoms with van der Waals surface area (Å²) in [6, 6.07) is 11.4. The van der Waals surface area contributed by atoms with Crippen molar-refractivity contribution in [2.24, 2.45) is 5.92 Å². The van der Waals surface area contributed by atoms with Crippen molar-refractivity contribution in [3.63, 3.8) is 0 Å². The Morgan fingerprint density at radius 3 is 2.19 bits per heavy atom. The number of carbonyl (C=O) groups is 2. The van der Waals surface area contributed by atoms with Gasteiger partial charge < -0.3 is 18.9 Å². The summed E-state index contributed by atoms with van der Waals surface area (Å²) >= 11 is 0. The summed E-state index contributed by atoms with van der Waals surface area (Å²) in [5.41, 5.74) is 0.671. The van der Waals surface area contributed by atoms with Crippen molar-refractivity contribution in [2.45, 2.75) is 13.8 Å². The topological polar surface area (TPSA) is 71.1 Å². The molecule has 0 spiro atoms. The van der Waals surface area contributed by atoms with Gasteiger partial charge in [-0.05, 0) is 42.3 Å².